The standard InChI is InChI=1S/C29H42N4O3S/c1-21(2)23-7-9-24(10-8-23)36-20-26-25-12-18-37-27(25)11-15-33(26)28(34)19-32(29(35)30-22(3)4)17-16-31-13-5-6-14-31/h7-10,12,18,21-22,26H,5-6,11,13-17,19-20H2,1-4H3,(H,30,35). The number of benzene rings is 1. The average molecular weight is 527 g/mol. The van der Waals surface area contributed by atoms with Crippen molar-refractivity contribution >= 4 is 23.3 Å². The molecule has 1 saturated heterocycles. The van der Waals surface area contributed by atoms with Gasteiger partial charge in [0, 0.05) is 30.6 Å². The number of likely N-dealkylation sites (tertiary alicyclic amines) is 1. The predicted octanol–water partition coefficient (Wildman–Crippen LogP) is 4.89. The fraction of sp³-hybridized carbons (Fsp3) is 0.586. The van der Waals surface area contributed by atoms with E-state index in [4.69, 9.17) is 4.74 Å². The van der Waals surface area contributed by atoms with Crippen LogP contribution in [0.1, 0.15) is 68.5 Å². The number of hydrogen-bond acceptors (Lipinski definition) is 5. The Kier molecular flexibility index (Phi) is 9.49. The highest BCUT2D eigenvalue weighted by atomic mass is 32.1. The third-order valence-corrected chi connectivity index (χ3v) is 8.28. The van der Waals surface area contributed by atoms with Gasteiger partial charge < -0.3 is 24.8 Å². The van der Waals surface area contributed by atoms with Crippen molar-refractivity contribution in [3.05, 3.63) is 51.7 Å². The fourth-order valence-electron chi connectivity index (χ4n) is 5.11. The number of amides is 3. The van der Waals surface area contributed by atoms with Crippen LogP contribution in [0, 0.1) is 0 Å². The minimum absolute atomic E-state index is 0.0171. The van der Waals surface area contributed by atoms with Crippen molar-refractivity contribution in [2.75, 3.05) is 45.9 Å². The van der Waals surface area contributed by atoms with E-state index in [0.29, 0.717) is 25.6 Å². The lowest BCUT2D eigenvalue weighted by Gasteiger charge is -2.37. The predicted molar refractivity (Wildman–Crippen MR) is 149 cm³/mol. The molecule has 2 aromatic rings. The lowest BCUT2D eigenvalue weighted by atomic mass is 10.00. The molecule has 8 heteroatoms. The molecule has 3 amide bonds. The molecule has 0 bridgehead atoms. The molecule has 0 saturated carbocycles. The van der Waals surface area contributed by atoms with Crippen LogP contribution in [0.4, 0.5) is 4.79 Å². The number of carbonyl (C=O) groups is 2. The molecule has 1 fully saturated rings. The van der Waals surface area contributed by atoms with E-state index in [1.54, 1.807) is 16.2 Å². The summed E-state index contributed by atoms with van der Waals surface area (Å²) in [6, 6.07) is 10.0. The van der Waals surface area contributed by atoms with Gasteiger partial charge in [0.15, 0.2) is 0 Å². The lowest BCUT2D eigenvalue weighted by Crippen LogP contribution is -2.52. The molecule has 0 radical (unpaired) electrons. The minimum Gasteiger partial charge on any atom is -0.491 e. The molecule has 1 aromatic carbocycles. The van der Waals surface area contributed by atoms with E-state index in [9.17, 15) is 9.59 Å². The summed E-state index contributed by atoms with van der Waals surface area (Å²) in [5.74, 6) is 1.25. The Bertz CT molecular complexity index is 1030. The van der Waals surface area contributed by atoms with Gasteiger partial charge in [-0.15, -0.1) is 11.3 Å². The maximum Gasteiger partial charge on any atom is 0.318 e. The van der Waals surface area contributed by atoms with Gasteiger partial charge in [0.1, 0.15) is 18.9 Å². The zero-order valence-corrected chi connectivity index (χ0v) is 23.6. The van der Waals surface area contributed by atoms with Crippen LogP contribution in [0.3, 0.4) is 0 Å². The topological polar surface area (TPSA) is 65.1 Å². The van der Waals surface area contributed by atoms with E-state index in [1.165, 1.54) is 28.8 Å². The van der Waals surface area contributed by atoms with Crippen LogP contribution in [-0.4, -0.2) is 78.6 Å². The van der Waals surface area contributed by atoms with Crippen molar-refractivity contribution < 1.29 is 14.3 Å². The molecule has 0 spiro atoms. The number of ether oxygens (including phenoxy) is 1. The molecule has 7 nitrogen and oxygen atoms in total. The van der Waals surface area contributed by atoms with Gasteiger partial charge in [-0.25, -0.2) is 4.79 Å². The van der Waals surface area contributed by atoms with Crippen molar-refractivity contribution in [2.24, 2.45) is 0 Å². The third kappa shape index (κ3) is 7.26. The number of fused-ring (bicyclic) bond motifs is 1. The van der Waals surface area contributed by atoms with Gasteiger partial charge in [0.05, 0.1) is 6.04 Å². The Morgan fingerprint density at radius 2 is 1.81 bits per heavy atom. The second-order valence-corrected chi connectivity index (χ2v) is 11.8. The molecule has 0 aliphatic carbocycles. The number of carbonyl (C=O) groups excluding carboxylic acids is 2. The largest absolute Gasteiger partial charge is 0.491 e. The molecular formula is C29H42N4O3S. The van der Waals surface area contributed by atoms with Gasteiger partial charge in [-0.1, -0.05) is 26.0 Å². The summed E-state index contributed by atoms with van der Waals surface area (Å²) in [6.45, 7) is 12.8. The number of rotatable bonds is 10. The number of thiophene rings is 1. The maximum atomic E-state index is 13.7. The first-order chi connectivity index (χ1) is 17.8. The molecule has 37 heavy (non-hydrogen) atoms. The molecule has 1 N–H and O–H groups in total. The number of urea groups is 1. The van der Waals surface area contributed by atoms with Gasteiger partial charge in [-0.2, -0.15) is 0 Å². The lowest BCUT2D eigenvalue weighted by molar-refractivity contribution is -0.135. The molecule has 202 valence electrons. The first-order valence-electron chi connectivity index (χ1n) is 13.7. The van der Waals surface area contributed by atoms with E-state index in [1.807, 2.05) is 30.9 Å². The first-order valence-corrected chi connectivity index (χ1v) is 14.6. The summed E-state index contributed by atoms with van der Waals surface area (Å²) >= 11 is 1.74. The van der Waals surface area contributed by atoms with Crippen molar-refractivity contribution in [1.29, 1.82) is 0 Å². The van der Waals surface area contributed by atoms with Crippen molar-refractivity contribution in [3.63, 3.8) is 0 Å². The average Bonchev–Trinajstić information content (AvgIpc) is 3.56. The SMILES string of the molecule is CC(C)NC(=O)N(CCN1CCCC1)CC(=O)N1CCc2sccc2C1COc1ccc(C(C)C)cc1. The zero-order valence-electron chi connectivity index (χ0n) is 22.7. The first kappa shape index (κ1) is 27.5. The Morgan fingerprint density at radius 3 is 2.49 bits per heavy atom. The highest BCUT2D eigenvalue weighted by molar-refractivity contribution is 7.10. The smallest absolute Gasteiger partial charge is 0.318 e. The van der Waals surface area contributed by atoms with Crippen LogP contribution in [-0.2, 0) is 11.2 Å². The molecule has 1 aromatic heterocycles. The number of nitrogens with zero attached hydrogens (tertiary/aromatic N) is 3. The van der Waals surface area contributed by atoms with Gasteiger partial charge >= 0.3 is 6.03 Å². The van der Waals surface area contributed by atoms with Gasteiger partial charge in [0.2, 0.25) is 5.91 Å². The highest BCUT2D eigenvalue weighted by Gasteiger charge is 2.33. The molecule has 3 heterocycles. The molecule has 1 unspecified atom stereocenters. The second kappa shape index (κ2) is 12.8. The Balaban J connectivity index is 1.45. The highest BCUT2D eigenvalue weighted by Crippen LogP contribution is 2.34. The minimum atomic E-state index is -0.172. The second-order valence-electron chi connectivity index (χ2n) is 10.8. The van der Waals surface area contributed by atoms with Crippen molar-refractivity contribution in [3.8, 4) is 5.75 Å². The van der Waals surface area contributed by atoms with E-state index >= 15 is 0 Å². The Morgan fingerprint density at radius 1 is 1.08 bits per heavy atom. The fourth-order valence-corrected chi connectivity index (χ4v) is 6.04. The van der Waals surface area contributed by atoms with Crippen LogP contribution >= 0.6 is 11.3 Å². The van der Waals surface area contributed by atoms with Crippen LogP contribution in [0.15, 0.2) is 35.7 Å². The van der Waals surface area contributed by atoms with E-state index in [0.717, 1.165) is 31.8 Å². The Hall–Kier alpha value is -2.58. The summed E-state index contributed by atoms with van der Waals surface area (Å²) < 4.78 is 6.22. The van der Waals surface area contributed by atoms with Crippen LogP contribution < -0.4 is 10.1 Å². The molecule has 1 atom stereocenters. The summed E-state index contributed by atoms with van der Waals surface area (Å²) in [4.78, 5) is 34.0. The summed E-state index contributed by atoms with van der Waals surface area (Å²) in [5.41, 5.74) is 2.44. The molecular weight excluding hydrogens is 484 g/mol. The molecule has 4 rings (SSSR count). The van der Waals surface area contributed by atoms with Crippen molar-refractivity contribution in [2.45, 2.75) is 65.0 Å². The zero-order chi connectivity index (χ0) is 26.4. The molecule has 2 aliphatic heterocycles. The quantitative estimate of drug-likeness (QED) is 0.479. The maximum absolute atomic E-state index is 13.7. The van der Waals surface area contributed by atoms with Crippen LogP contribution in [0.25, 0.3) is 0 Å². The molecule has 2 aliphatic rings. The summed E-state index contributed by atoms with van der Waals surface area (Å²) in [7, 11) is 0. The number of hydrogen-bond donors (Lipinski definition) is 1. The van der Waals surface area contributed by atoms with E-state index in [2.05, 4.69) is 47.6 Å². The number of nitrogens with one attached hydrogen (secondary N) is 1. The van der Waals surface area contributed by atoms with Crippen LogP contribution in [0.5, 0.6) is 5.75 Å². The summed E-state index contributed by atoms with van der Waals surface area (Å²) in [6.07, 6.45) is 3.25. The monoisotopic (exact) mass is 526 g/mol. The van der Waals surface area contributed by atoms with Crippen LogP contribution in [0.2, 0.25) is 0 Å². The van der Waals surface area contributed by atoms with Gasteiger partial charge in [-0.3, -0.25) is 4.79 Å². The Labute approximate surface area is 225 Å². The summed E-state index contributed by atoms with van der Waals surface area (Å²) in [5, 5.41) is 5.08. The van der Waals surface area contributed by atoms with E-state index < -0.39 is 0 Å². The van der Waals surface area contributed by atoms with E-state index in [-0.39, 0.29) is 30.6 Å². The van der Waals surface area contributed by atoms with Crippen molar-refractivity contribution in [1.82, 2.24) is 20.0 Å². The van der Waals surface area contributed by atoms with Gasteiger partial charge in [0.25, 0.3) is 0 Å². The van der Waals surface area contributed by atoms with Gasteiger partial charge in [-0.05, 0) is 86.8 Å². The normalized spacial score (nSPS) is 17.8. The third-order valence-electron chi connectivity index (χ3n) is 7.28.